The van der Waals surface area contributed by atoms with Crippen LogP contribution in [0, 0.1) is 0 Å². The molecule has 3 nitrogen and oxygen atoms in total. The van der Waals surface area contributed by atoms with Crippen molar-refractivity contribution in [1.29, 1.82) is 0 Å². The van der Waals surface area contributed by atoms with Crippen molar-refractivity contribution in [2.75, 3.05) is 11.5 Å². The van der Waals surface area contributed by atoms with Gasteiger partial charge in [-0.05, 0) is 11.5 Å². The first-order chi connectivity index (χ1) is 8.00. The number of aliphatic carboxylic acids is 1. The highest BCUT2D eigenvalue weighted by molar-refractivity contribution is 8.00. The summed E-state index contributed by atoms with van der Waals surface area (Å²) in [4.78, 5) is 22.0. The second-order valence-electron chi connectivity index (χ2n) is 4.09. The molecule has 0 atom stereocenters. The third kappa shape index (κ3) is 4.61. The molecule has 0 fully saturated rings. The summed E-state index contributed by atoms with van der Waals surface area (Å²) >= 11 is 1.13. The number of carbonyl (C=O) groups excluding carboxylic acids is 1. The van der Waals surface area contributed by atoms with Gasteiger partial charge in [0.1, 0.15) is 0 Å². The third-order valence-electron chi connectivity index (χ3n) is 2.36. The molecular weight excluding hydrogens is 236 g/mol. The molecule has 1 aromatic carbocycles. The molecule has 0 amide bonds. The summed E-state index contributed by atoms with van der Waals surface area (Å²) in [5, 5.41) is 8.46. The second-order valence-corrected chi connectivity index (χ2v) is 5.07. The summed E-state index contributed by atoms with van der Waals surface area (Å²) < 4.78 is 0. The van der Waals surface area contributed by atoms with E-state index in [1.165, 1.54) is 5.56 Å². The first-order valence-electron chi connectivity index (χ1n) is 5.43. The molecule has 0 heterocycles. The summed E-state index contributed by atoms with van der Waals surface area (Å²) in [6, 6.07) is 7.50. The minimum atomic E-state index is -0.891. The molecule has 0 aliphatic heterocycles. The molecule has 1 rings (SSSR count). The van der Waals surface area contributed by atoms with Gasteiger partial charge < -0.3 is 5.11 Å². The van der Waals surface area contributed by atoms with Gasteiger partial charge >= 0.3 is 5.97 Å². The van der Waals surface area contributed by atoms with Gasteiger partial charge in [-0.25, -0.2) is 0 Å². The summed E-state index contributed by atoms with van der Waals surface area (Å²) in [6.07, 6.45) is 0. The van der Waals surface area contributed by atoms with Crippen molar-refractivity contribution in [3.05, 3.63) is 35.4 Å². The SMILES string of the molecule is CC(C)c1ccc(C(=O)CSCC(=O)O)cc1. The van der Waals surface area contributed by atoms with Crippen LogP contribution in [-0.4, -0.2) is 28.4 Å². The van der Waals surface area contributed by atoms with Crippen LogP contribution in [0.3, 0.4) is 0 Å². The molecule has 0 aromatic heterocycles. The lowest BCUT2D eigenvalue weighted by Crippen LogP contribution is -2.06. The van der Waals surface area contributed by atoms with E-state index in [1.54, 1.807) is 12.1 Å². The Balaban J connectivity index is 2.54. The first kappa shape index (κ1) is 13.8. The van der Waals surface area contributed by atoms with Gasteiger partial charge in [-0.2, -0.15) is 0 Å². The van der Waals surface area contributed by atoms with Crippen LogP contribution < -0.4 is 0 Å². The molecule has 0 aliphatic carbocycles. The molecule has 1 aromatic rings. The van der Waals surface area contributed by atoms with E-state index in [-0.39, 0.29) is 17.3 Å². The van der Waals surface area contributed by atoms with Crippen LogP contribution in [-0.2, 0) is 4.79 Å². The standard InChI is InChI=1S/C13H16O3S/c1-9(2)10-3-5-11(6-4-10)12(14)7-17-8-13(15)16/h3-6,9H,7-8H2,1-2H3,(H,15,16). The van der Waals surface area contributed by atoms with E-state index >= 15 is 0 Å². The number of carbonyl (C=O) groups is 2. The monoisotopic (exact) mass is 252 g/mol. The molecule has 92 valence electrons. The zero-order valence-corrected chi connectivity index (χ0v) is 10.8. The normalized spacial score (nSPS) is 10.5. The van der Waals surface area contributed by atoms with Gasteiger partial charge in [-0.1, -0.05) is 38.1 Å². The molecular formula is C13H16O3S. The van der Waals surface area contributed by atoms with Crippen molar-refractivity contribution < 1.29 is 14.7 Å². The van der Waals surface area contributed by atoms with E-state index in [2.05, 4.69) is 13.8 Å². The smallest absolute Gasteiger partial charge is 0.313 e. The molecule has 4 heteroatoms. The van der Waals surface area contributed by atoms with Crippen LogP contribution >= 0.6 is 11.8 Å². The fourth-order valence-electron chi connectivity index (χ4n) is 1.37. The van der Waals surface area contributed by atoms with Crippen LogP contribution in [0.25, 0.3) is 0 Å². The topological polar surface area (TPSA) is 54.4 Å². The van der Waals surface area contributed by atoms with E-state index < -0.39 is 5.97 Å². The number of benzene rings is 1. The molecule has 0 spiro atoms. The predicted octanol–water partition coefficient (Wildman–Crippen LogP) is 2.81. The molecule has 0 bridgehead atoms. The maximum atomic E-state index is 11.7. The van der Waals surface area contributed by atoms with Crippen LogP contribution in [0.5, 0.6) is 0 Å². The maximum Gasteiger partial charge on any atom is 0.313 e. The van der Waals surface area contributed by atoms with Crippen molar-refractivity contribution in [3.63, 3.8) is 0 Å². The highest BCUT2D eigenvalue weighted by Crippen LogP contribution is 2.15. The Morgan fingerprint density at radius 1 is 1.18 bits per heavy atom. The minimum absolute atomic E-state index is 0.0217. The van der Waals surface area contributed by atoms with Crippen molar-refractivity contribution in [2.45, 2.75) is 19.8 Å². The van der Waals surface area contributed by atoms with Crippen molar-refractivity contribution in [3.8, 4) is 0 Å². The van der Waals surface area contributed by atoms with Gasteiger partial charge in [0.25, 0.3) is 0 Å². The van der Waals surface area contributed by atoms with Gasteiger partial charge in [-0.3, -0.25) is 9.59 Å². The van der Waals surface area contributed by atoms with Crippen molar-refractivity contribution >= 4 is 23.5 Å². The lowest BCUT2D eigenvalue weighted by atomic mass is 10.0. The van der Waals surface area contributed by atoms with Crippen LogP contribution in [0.4, 0.5) is 0 Å². The molecule has 0 radical (unpaired) electrons. The van der Waals surface area contributed by atoms with E-state index in [4.69, 9.17) is 5.11 Å². The molecule has 17 heavy (non-hydrogen) atoms. The third-order valence-corrected chi connectivity index (χ3v) is 3.28. The highest BCUT2D eigenvalue weighted by atomic mass is 32.2. The number of hydrogen-bond donors (Lipinski definition) is 1. The van der Waals surface area contributed by atoms with Gasteiger partial charge in [0.15, 0.2) is 5.78 Å². The van der Waals surface area contributed by atoms with Gasteiger partial charge in [0.05, 0.1) is 11.5 Å². The quantitative estimate of drug-likeness (QED) is 0.791. The molecule has 0 saturated heterocycles. The van der Waals surface area contributed by atoms with Crippen LogP contribution in [0.2, 0.25) is 0 Å². The average Bonchev–Trinajstić information content (AvgIpc) is 2.28. The fraction of sp³-hybridized carbons (Fsp3) is 0.385. The van der Waals surface area contributed by atoms with Gasteiger partial charge in [-0.15, -0.1) is 11.8 Å². The summed E-state index contributed by atoms with van der Waals surface area (Å²) in [5.74, 6) is -0.284. The Labute approximate surface area is 105 Å². The molecule has 0 unspecified atom stereocenters. The first-order valence-corrected chi connectivity index (χ1v) is 6.59. The largest absolute Gasteiger partial charge is 0.481 e. The lowest BCUT2D eigenvalue weighted by Gasteiger charge is -2.06. The van der Waals surface area contributed by atoms with Crippen molar-refractivity contribution in [1.82, 2.24) is 0 Å². The molecule has 0 aliphatic rings. The van der Waals surface area contributed by atoms with Crippen LogP contribution in [0.1, 0.15) is 35.7 Å². The zero-order valence-electron chi connectivity index (χ0n) is 9.97. The number of carboxylic acids is 1. The molecule has 0 saturated carbocycles. The fourth-order valence-corrected chi connectivity index (χ4v) is 2.00. The van der Waals surface area contributed by atoms with Crippen LogP contribution in [0.15, 0.2) is 24.3 Å². The summed E-state index contributed by atoms with van der Waals surface area (Å²) in [6.45, 7) is 4.19. The Kier molecular flexibility index (Phi) is 5.22. The predicted molar refractivity (Wildman–Crippen MR) is 69.8 cm³/mol. The maximum absolute atomic E-state index is 11.7. The van der Waals surface area contributed by atoms with E-state index in [9.17, 15) is 9.59 Å². The number of ketones is 1. The lowest BCUT2D eigenvalue weighted by molar-refractivity contribution is -0.133. The second kappa shape index (κ2) is 6.45. The number of Topliss-reactive ketones (excluding diaryl/α,β-unsaturated/α-hetero) is 1. The Hall–Kier alpha value is -1.29. The van der Waals surface area contributed by atoms with Crippen molar-refractivity contribution in [2.24, 2.45) is 0 Å². The Bertz CT molecular complexity index is 396. The minimum Gasteiger partial charge on any atom is -0.481 e. The van der Waals surface area contributed by atoms with Gasteiger partial charge in [0, 0.05) is 5.56 Å². The number of thioether (sulfide) groups is 1. The van der Waals surface area contributed by atoms with E-state index in [0.717, 1.165) is 11.8 Å². The van der Waals surface area contributed by atoms with E-state index in [0.29, 0.717) is 11.5 Å². The number of rotatable bonds is 6. The summed E-state index contributed by atoms with van der Waals surface area (Å²) in [7, 11) is 0. The number of carboxylic acid groups (broad SMARTS) is 1. The Morgan fingerprint density at radius 2 is 1.76 bits per heavy atom. The summed E-state index contributed by atoms with van der Waals surface area (Å²) in [5.41, 5.74) is 1.84. The molecule has 1 N–H and O–H groups in total. The Morgan fingerprint density at radius 3 is 2.24 bits per heavy atom. The van der Waals surface area contributed by atoms with E-state index in [1.807, 2.05) is 12.1 Å². The zero-order chi connectivity index (χ0) is 12.8. The number of hydrogen-bond acceptors (Lipinski definition) is 3. The van der Waals surface area contributed by atoms with Gasteiger partial charge in [0.2, 0.25) is 0 Å². The average molecular weight is 252 g/mol. The highest BCUT2D eigenvalue weighted by Gasteiger charge is 2.08.